The number of aromatic nitrogens is 1. The quantitative estimate of drug-likeness (QED) is 0.755. The van der Waals surface area contributed by atoms with E-state index in [1.807, 2.05) is 43.3 Å². The lowest BCUT2D eigenvalue weighted by Crippen LogP contribution is -2.01. The van der Waals surface area contributed by atoms with Crippen LogP contribution in [-0.2, 0) is 6.54 Å². The summed E-state index contributed by atoms with van der Waals surface area (Å²) in [5, 5.41) is 14.1. The highest BCUT2D eigenvalue weighted by Crippen LogP contribution is 2.21. The van der Waals surface area contributed by atoms with Crippen LogP contribution in [0.3, 0.4) is 0 Å². The van der Waals surface area contributed by atoms with E-state index in [0.717, 1.165) is 27.8 Å². The van der Waals surface area contributed by atoms with Gasteiger partial charge in [-0.15, -0.1) is 0 Å². The van der Waals surface area contributed by atoms with Gasteiger partial charge in [-0.25, -0.2) is 0 Å². The monoisotopic (exact) mass is 264 g/mol. The maximum absolute atomic E-state index is 9.68. The van der Waals surface area contributed by atoms with Gasteiger partial charge >= 0.3 is 0 Å². The van der Waals surface area contributed by atoms with Crippen LogP contribution in [0, 0.1) is 6.92 Å². The molecule has 3 aromatic rings. The van der Waals surface area contributed by atoms with Crippen LogP contribution in [0.25, 0.3) is 10.9 Å². The zero-order valence-electron chi connectivity index (χ0n) is 11.3. The summed E-state index contributed by atoms with van der Waals surface area (Å²) in [6.07, 6.45) is 0. The number of rotatable bonds is 3. The second-order valence-corrected chi connectivity index (χ2v) is 4.85. The number of aromatic hydroxyl groups is 1. The third kappa shape index (κ3) is 2.57. The van der Waals surface area contributed by atoms with Crippen molar-refractivity contribution in [2.75, 3.05) is 5.32 Å². The number of hydrogen-bond donors (Lipinski definition) is 2. The third-order valence-electron chi connectivity index (χ3n) is 3.34. The van der Waals surface area contributed by atoms with Gasteiger partial charge in [0.15, 0.2) is 0 Å². The number of anilines is 1. The van der Waals surface area contributed by atoms with Gasteiger partial charge in [0.25, 0.3) is 0 Å². The molecule has 0 spiro atoms. The highest BCUT2D eigenvalue weighted by molar-refractivity contribution is 5.78. The molecular weight excluding hydrogens is 248 g/mol. The number of nitrogens with one attached hydrogen (secondary N) is 1. The molecule has 2 aromatic carbocycles. The van der Waals surface area contributed by atoms with Crippen LogP contribution in [-0.4, -0.2) is 10.1 Å². The number of fused-ring (bicyclic) bond motifs is 1. The highest BCUT2D eigenvalue weighted by Gasteiger charge is 2.00. The van der Waals surface area contributed by atoms with Crippen molar-refractivity contribution in [3.8, 4) is 5.75 Å². The van der Waals surface area contributed by atoms with Crippen LogP contribution >= 0.6 is 0 Å². The minimum atomic E-state index is 0.307. The van der Waals surface area contributed by atoms with Crippen molar-refractivity contribution in [3.63, 3.8) is 0 Å². The predicted molar refractivity (Wildman–Crippen MR) is 81.9 cm³/mol. The summed E-state index contributed by atoms with van der Waals surface area (Å²) in [4.78, 5) is 4.61. The van der Waals surface area contributed by atoms with E-state index in [1.54, 1.807) is 6.07 Å². The average Bonchev–Trinajstić information content (AvgIpc) is 2.48. The smallest absolute Gasteiger partial charge is 0.120 e. The number of phenols is 1. The second kappa shape index (κ2) is 5.21. The average molecular weight is 264 g/mol. The lowest BCUT2D eigenvalue weighted by Gasteiger charge is -2.08. The first-order valence-electron chi connectivity index (χ1n) is 6.60. The number of phenolic OH excluding ortho intramolecular Hbond substituents is 1. The van der Waals surface area contributed by atoms with E-state index in [9.17, 15) is 5.11 Å². The Hall–Kier alpha value is -2.55. The van der Waals surface area contributed by atoms with Gasteiger partial charge in [0, 0.05) is 17.1 Å². The van der Waals surface area contributed by atoms with Crippen LogP contribution in [0.4, 0.5) is 5.69 Å². The Morgan fingerprint density at radius 2 is 1.90 bits per heavy atom. The topological polar surface area (TPSA) is 45.2 Å². The van der Waals surface area contributed by atoms with Gasteiger partial charge in [-0.1, -0.05) is 30.3 Å². The summed E-state index contributed by atoms with van der Waals surface area (Å²) in [6, 6.07) is 17.7. The van der Waals surface area contributed by atoms with Gasteiger partial charge in [0.05, 0.1) is 17.8 Å². The van der Waals surface area contributed by atoms with Crippen LogP contribution in [0.2, 0.25) is 0 Å². The molecular formula is C17H16N2O. The fourth-order valence-electron chi connectivity index (χ4n) is 2.12. The summed E-state index contributed by atoms with van der Waals surface area (Å²) >= 11 is 0. The van der Waals surface area contributed by atoms with E-state index in [1.165, 1.54) is 0 Å². The largest absolute Gasteiger partial charge is 0.508 e. The first-order chi connectivity index (χ1) is 9.72. The summed E-state index contributed by atoms with van der Waals surface area (Å²) in [7, 11) is 0. The molecule has 3 heteroatoms. The Morgan fingerprint density at radius 3 is 2.75 bits per heavy atom. The van der Waals surface area contributed by atoms with Gasteiger partial charge in [-0.3, -0.25) is 4.98 Å². The maximum Gasteiger partial charge on any atom is 0.120 e. The number of para-hydroxylation sites is 1. The van der Waals surface area contributed by atoms with E-state index >= 15 is 0 Å². The van der Waals surface area contributed by atoms with Gasteiger partial charge in [0.2, 0.25) is 0 Å². The zero-order chi connectivity index (χ0) is 13.9. The summed E-state index contributed by atoms with van der Waals surface area (Å²) in [6.45, 7) is 2.51. The Bertz CT molecular complexity index is 753. The molecule has 0 atom stereocenters. The van der Waals surface area contributed by atoms with Crippen molar-refractivity contribution in [1.82, 2.24) is 4.98 Å². The van der Waals surface area contributed by atoms with Crippen LogP contribution in [0.5, 0.6) is 5.75 Å². The van der Waals surface area contributed by atoms with E-state index in [2.05, 4.69) is 22.4 Å². The lowest BCUT2D eigenvalue weighted by molar-refractivity contribution is 0.471. The molecule has 100 valence electrons. The van der Waals surface area contributed by atoms with Crippen molar-refractivity contribution in [2.24, 2.45) is 0 Å². The molecule has 0 saturated carbocycles. The Labute approximate surface area is 117 Å². The SMILES string of the molecule is Cc1ccc(NCc2ccc3ccccc3n2)cc1O. The van der Waals surface area contributed by atoms with Crippen molar-refractivity contribution in [1.29, 1.82) is 0 Å². The Kier molecular flexibility index (Phi) is 3.25. The van der Waals surface area contributed by atoms with Gasteiger partial charge in [-0.2, -0.15) is 0 Å². The van der Waals surface area contributed by atoms with Crippen molar-refractivity contribution in [3.05, 3.63) is 65.9 Å². The molecule has 0 aliphatic heterocycles. The molecule has 0 radical (unpaired) electrons. The standard InChI is InChI=1S/C17H16N2O/c1-12-6-8-14(10-17(12)20)18-11-15-9-7-13-4-2-3-5-16(13)19-15/h2-10,18,20H,11H2,1H3. The maximum atomic E-state index is 9.68. The van der Waals surface area contributed by atoms with Gasteiger partial charge in [-0.05, 0) is 30.7 Å². The molecule has 0 amide bonds. The van der Waals surface area contributed by atoms with Crippen LogP contribution < -0.4 is 5.32 Å². The second-order valence-electron chi connectivity index (χ2n) is 4.85. The van der Waals surface area contributed by atoms with E-state index in [0.29, 0.717) is 12.3 Å². The summed E-state index contributed by atoms with van der Waals surface area (Å²) in [5.41, 5.74) is 3.74. The molecule has 1 heterocycles. The highest BCUT2D eigenvalue weighted by atomic mass is 16.3. The van der Waals surface area contributed by atoms with Crippen molar-refractivity contribution >= 4 is 16.6 Å². The molecule has 0 aliphatic rings. The molecule has 0 saturated heterocycles. The number of nitrogens with zero attached hydrogens (tertiary/aromatic N) is 1. The lowest BCUT2D eigenvalue weighted by atomic mass is 10.2. The molecule has 3 rings (SSSR count). The number of pyridine rings is 1. The Morgan fingerprint density at radius 1 is 1.05 bits per heavy atom. The fraction of sp³-hybridized carbons (Fsp3) is 0.118. The van der Waals surface area contributed by atoms with Crippen molar-refractivity contribution < 1.29 is 5.11 Å². The minimum Gasteiger partial charge on any atom is -0.508 e. The van der Waals surface area contributed by atoms with E-state index in [-0.39, 0.29) is 0 Å². The minimum absolute atomic E-state index is 0.307. The molecule has 0 bridgehead atoms. The Balaban J connectivity index is 1.77. The fourth-order valence-corrected chi connectivity index (χ4v) is 2.12. The number of aryl methyl sites for hydroxylation is 1. The van der Waals surface area contributed by atoms with Gasteiger partial charge in [0.1, 0.15) is 5.75 Å². The van der Waals surface area contributed by atoms with E-state index in [4.69, 9.17) is 0 Å². The number of benzene rings is 2. The van der Waals surface area contributed by atoms with Gasteiger partial charge < -0.3 is 10.4 Å². The normalized spacial score (nSPS) is 10.7. The molecule has 0 unspecified atom stereocenters. The third-order valence-corrected chi connectivity index (χ3v) is 3.34. The number of hydrogen-bond acceptors (Lipinski definition) is 3. The van der Waals surface area contributed by atoms with E-state index < -0.39 is 0 Å². The zero-order valence-corrected chi connectivity index (χ0v) is 11.3. The molecule has 2 N–H and O–H groups in total. The predicted octanol–water partition coefficient (Wildman–Crippen LogP) is 3.86. The van der Waals surface area contributed by atoms with Crippen molar-refractivity contribution in [2.45, 2.75) is 13.5 Å². The first kappa shape index (κ1) is 12.5. The summed E-state index contributed by atoms with van der Waals surface area (Å²) in [5.74, 6) is 0.307. The molecule has 1 aromatic heterocycles. The molecule has 0 fully saturated rings. The summed E-state index contributed by atoms with van der Waals surface area (Å²) < 4.78 is 0. The molecule has 0 aliphatic carbocycles. The molecule has 20 heavy (non-hydrogen) atoms. The van der Waals surface area contributed by atoms with Crippen LogP contribution in [0.1, 0.15) is 11.3 Å². The first-order valence-corrected chi connectivity index (χ1v) is 6.60. The van der Waals surface area contributed by atoms with Crippen LogP contribution in [0.15, 0.2) is 54.6 Å². The molecule has 3 nitrogen and oxygen atoms in total.